The number of halogens is 3. The summed E-state index contributed by atoms with van der Waals surface area (Å²) in [6, 6.07) is 3.91. The fourth-order valence-electron chi connectivity index (χ4n) is 1.87. The number of hydrogen-bond donors (Lipinski definition) is 1. The van der Waals surface area contributed by atoms with Gasteiger partial charge in [0, 0.05) is 31.7 Å². The highest BCUT2D eigenvalue weighted by molar-refractivity contribution is 5.85. The molecule has 6 heteroatoms. The van der Waals surface area contributed by atoms with Gasteiger partial charge in [0.25, 0.3) is 0 Å². The zero-order valence-electron chi connectivity index (χ0n) is 9.79. The van der Waals surface area contributed by atoms with E-state index in [-0.39, 0.29) is 30.3 Å². The second-order valence-corrected chi connectivity index (χ2v) is 4.02. The summed E-state index contributed by atoms with van der Waals surface area (Å²) in [7, 11) is 0. The molecule has 1 aliphatic heterocycles. The zero-order valence-corrected chi connectivity index (χ0v) is 10.6. The Bertz CT molecular complexity index is 423. The Labute approximate surface area is 111 Å². The van der Waals surface area contributed by atoms with Crippen molar-refractivity contribution < 1.29 is 13.6 Å². The van der Waals surface area contributed by atoms with Crippen LogP contribution in [0.25, 0.3) is 0 Å². The maximum Gasteiger partial charge on any atom is 0.227 e. The lowest BCUT2D eigenvalue weighted by molar-refractivity contribution is -0.131. The largest absolute Gasteiger partial charge is 0.340 e. The van der Waals surface area contributed by atoms with Crippen molar-refractivity contribution in [2.24, 2.45) is 0 Å². The van der Waals surface area contributed by atoms with Crippen molar-refractivity contribution in [1.82, 2.24) is 10.2 Å². The summed E-state index contributed by atoms with van der Waals surface area (Å²) in [5, 5.41) is 3.13. The van der Waals surface area contributed by atoms with Gasteiger partial charge in [-0.3, -0.25) is 4.79 Å². The molecular formula is C12H15ClF2N2O. The molecular weight excluding hydrogens is 262 g/mol. The summed E-state index contributed by atoms with van der Waals surface area (Å²) in [4.78, 5) is 13.5. The first kappa shape index (κ1) is 14.9. The van der Waals surface area contributed by atoms with Gasteiger partial charge in [-0.25, -0.2) is 8.78 Å². The van der Waals surface area contributed by atoms with E-state index in [9.17, 15) is 13.6 Å². The molecule has 18 heavy (non-hydrogen) atoms. The zero-order chi connectivity index (χ0) is 12.3. The molecule has 1 aliphatic rings. The molecule has 0 radical (unpaired) electrons. The minimum Gasteiger partial charge on any atom is -0.340 e. The molecule has 0 unspecified atom stereocenters. The van der Waals surface area contributed by atoms with Crippen LogP contribution in [0.15, 0.2) is 18.2 Å². The van der Waals surface area contributed by atoms with E-state index in [1.807, 2.05) is 0 Å². The lowest BCUT2D eigenvalue weighted by Gasteiger charge is -2.27. The van der Waals surface area contributed by atoms with Gasteiger partial charge in [-0.05, 0) is 6.07 Å². The van der Waals surface area contributed by atoms with Crippen molar-refractivity contribution in [1.29, 1.82) is 0 Å². The highest BCUT2D eigenvalue weighted by atomic mass is 35.5. The summed E-state index contributed by atoms with van der Waals surface area (Å²) in [6.07, 6.45) is -0.0798. The molecule has 3 nitrogen and oxygen atoms in total. The molecule has 0 bridgehead atoms. The van der Waals surface area contributed by atoms with Crippen LogP contribution in [0.5, 0.6) is 0 Å². The molecule has 1 amide bonds. The fourth-order valence-corrected chi connectivity index (χ4v) is 1.87. The highest BCUT2D eigenvalue weighted by Gasteiger charge is 2.18. The van der Waals surface area contributed by atoms with Crippen molar-refractivity contribution in [2.45, 2.75) is 6.42 Å². The average molecular weight is 277 g/mol. The van der Waals surface area contributed by atoms with Crippen LogP contribution in [0, 0.1) is 11.6 Å². The summed E-state index contributed by atoms with van der Waals surface area (Å²) < 4.78 is 26.3. The third-order valence-corrected chi connectivity index (χ3v) is 2.84. The molecule has 0 atom stereocenters. The molecule has 1 aromatic carbocycles. The summed E-state index contributed by atoms with van der Waals surface area (Å²) in [5.74, 6) is -1.98. The van der Waals surface area contributed by atoms with Crippen molar-refractivity contribution >= 4 is 18.3 Å². The van der Waals surface area contributed by atoms with E-state index in [0.29, 0.717) is 13.1 Å². The van der Waals surface area contributed by atoms with E-state index in [2.05, 4.69) is 5.32 Å². The second kappa shape index (κ2) is 6.66. The number of benzene rings is 1. The van der Waals surface area contributed by atoms with Gasteiger partial charge in [0.2, 0.25) is 5.91 Å². The van der Waals surface area contributed by atoms with E-state index in [0.717, 1.165) is 19.2 Å². The Kier molecular flexibility index (Phi) is 5.50. The standard InChI is InChI=1S/C12H14F2N2O.ClH/c13-10-3-1-2-9(12(10)14)8-11(17)16-6-4-15-5-7-16;/h1-3,15H,4-8H2;1H. The van der Waals surface area contributed by atoms with Crippen LogP contribution >= 0.6 is 12.4 Å². The molecule has 2 rings (SSSR count). The van der Waals surface area contributed by atoms with Crippen LogP contribution in [0.1, 0.15) is 5.56 Å². The molecule has 100 valence electrons. The van der Waals surface area contributed by atoms with Crippen LogP contribution in [0.2, 0.25) is 0 Å². The van der Waals surface area contributed by atoms with E-state index >= 15 is 0 Å². The Hall–Kier alpha value is -1.20. The first-order valence-corrected chi connectivity index (χ1v) is 5.60. The number of hydrogen-bond acceptors (Lipinski definition) is 2. The molecule has 1 N–H and O–H groups in total. The van der Waals surface area contributed by atoms with Crippen molar-refractivity contribution in [3.05, 3.63) is 35.4 Å². The van der Waals surface area contributed by atoms with Gasteiger partial charge in [-0.1, -0.05) is 12.1 Å². The number of amides is 1. The van der Waals surface area contributed by atoms with Gasteiger partial charge in [0.15, 0.2) is 11.6 Å². The van der Waals surface area contributed by atoms with Gasteiger partial charge in [0.1, 0.15) is 0 Å². The first-order valence-electron chi connectivity index (χ1n) is 5.60. The van der Waals surface area contributed by atoms with E-state index in [1.54, 1.807) is 4.90 Å². The van der Waals surface area contributed by atoms with Crippen LogP contribution in [0.3, 0.4) is 0 Å². The van der Waals surface area contributed by atoms with Gasteiger partial charge < -0.3 is 10.2 Å². The molecule has 0 aliphatic carbocycles. The van der Waals surface area contributed by atoms with Crippen molar-refractivity contribution in [2.75, 3.05) is 26.2 Å². The molecule has 0 saturated carbocycles. The van der Waals surface area contributed by atoms with Crippen LogP contribution < -0.4 is 5.32 Å². The minimum atomic E-state index is -0.920. The Morgan fingerprint density at radius 3 is 2.61 bits per heavy atom. The Morgan fingerprint density at radius 2 is 1.94 bits per heavy atom. The van der Waals surface area contributed by atoms with E-state index in [4.69, 9.17) is 0 Å². The number of carbonyl (C=O) groups excluding carboxylic acids is 1. The second-order valence-electron chi connectivity index (χ2n) is 4.02. The SMILES string of the molecule is Cl.O=C(Cc1cccc(F)c1F)N1CCNCC1. The van der Waals surface area contributed by atoms with Gasteiger partial charge in [-0.2, -0.15) is 0 Å². The van der Waals surface area contributed by atoms with Crippen molar-refractivity contribution in [3.8, 4) is 0 Å². The maximum absolute atomic E-state index is 13.4. The third kappa shape index (κ3) is 3.40. The van der Waals surface area contributed by atoms with E-state index < -0.39 is 11.6 Å². The quantitative estimate of drug-likeness (QED) is 0.885. The summed E-state index contributed by atoms with van der Waals surface area (Å²) in [6.45, 7) is 2.74. The smallest absolute Gasteiger partial charge is 0.227 e. The lowest BCUT2D eigenvalue weighted by atomic mass is 10.1. The van der Waals surface area contributed by atoms with Gasteiger partial charge in [0.05, 0.1) is 6.42 Å². The Balaban J connectivity index is 0.00000162. The summed E-state index contributed by atoms with van der Waals surface area (Å²) >= 11 is 0. The fraction of sp³-hybridized carbons (Fsp3) is 0.417. The average Bonchev–Trinajstić information content (AvgIpc) is 2.36. The first-order chi connectivity index (χ1) is 8.18. The van der Waals surface area contributed by atoms with Crippen LogP contribution in [-0.2, 0) is 11.2 Å². The van der Waals surface area contributed by atoms with Crippen molar-refractivity contribution in [3.63, 3.8) is 0 Å². The third-order valence-electron chi connectivity index (χ3n) is 2.84. The molecule has 1 heterocycles. The maximum atomic E-state index is 13.4. The number of rotatable bonds is 2. The predicted molar refractivity (Wildman–Crippen MR) is 66.8 cm³/mol. The molecule has 1 aromatic rings. The minimum absolute atomic E-state index is 0. The number of nitrogens with zero attached hydrogens (tertiary/aromatic N) is 1. The molecule has 1 fully saturated rings. The Morgan fingerprint density at radius 1 is 1.28 bits per heavy atom. The molecule has 0 spiro atoms. The molecule has 1 saturated heterocycles. The van der Waals surface area contributed by atoms with E-state index in [1.165, 1.54) is 12.1 Å². The number of nitrogens with one attached hydrogen (secondary N) is 1. The monoisotopic (exact) mass is 276 g/mol. The van der Waals surface area contributed by atoms with Crippen LogP contribution in [0.4, 0.5) is 8.78 Å². The summed E-state index contributed by atoms with van der Waals surface area (Å²) in [5.41, 5.74) is 0.119. The normalized spacial score (nSPS) is 15.1. The predicted octanol–water partition coefficient (Wildman–Crippen LogP) is 1.36. The highest BCUT2D eigenvalue weighted by Crippen LogP contribution is 2.13. The topological polar surface area (TPSA) is 32.3 Å². The lowest BCUT2D eigenvalue weighted by Crippen LogP contribution is -2.47. The van der Waals surface area contributed by atoms with Gasteiger partial charge >= 0.3 is 0 Å². The molecule has 0 aromatic heterocycles. The number of piperazine rings is 1. The van der Waals surface area contributed by atoms with Crippen LogP contribution in [-0.4, -0.2) is 37.0 Å². The van der Waals surface area contributed by atoms with Gasteiger partial charge in [-0.15, -0.1) is 12.4 Å². The number of carbonyl (C=O) groups is 1.